The van der Waals surface area contributed by atoms with E-state index in [0.717, 1.165) is 22.5 Å². The molecule has 6 heteroatoms. The zero-order valence-corrected chi connectivity index (χ0v) is 13.6. The van der Waals surface area contributed by atoms with Crippen molar-refractivity contribution in [3.8, 4) is 11.6 Å². The quantitative estimate of drug-likeness (QED) is 0.643. The number of aromatic hydroxyl groups is 1. The summed E-state index contributed by atoms with van der Waals surface area (Å²) in [6.07, 6.45) is -0.206. The van der Waals surface area contributed by atoms with Crippen LogP contribution in [0.25, 0.3) is 0 Å². The molecule has 0 radical (unpaired) electrons. The summed E-state index contributed by atoms with van der Waals surface area (Å²) in [5, 5.41) is 19.7. The fourth-order valence-corrected chi connectivity index (χ4v) is 3.07. The summed E-state index contributed by atoms with van der Waals surface area (Å²) in [6.45, 7) is 0.170. The molecule has 0 spiro atoms. The molecule has 3 aromatic rings. The van der Waals surface area contributed by atoms with Gasteiger partial charge in [-0.15, -0.1) is 0 Å². The number of ether oxygens (including phenoxy) is 1. The largest absolute Gasteiger partial charge is 0.494 e. The minimum Gasteiger partial charge on any atom is -0.494 e. The first kappa shape index (κ1) is 16.3. The lowest BCUT2D eigenvalue weighted by Crippen LogP contribution is -2.09. The number of aromatic amines is 1. The van der Waals surface area contributed by atoms with Gasteiger partial charge in [-0.2, -0.15) is 0 Å². The van der Waals surface area contributed by atoms with E-state index in [1.54, 1.807) is 12.1 Å². The van der Waals surface area contributed by atoms with Crippen LogP contribution in [0, 0.1) is 0 Å². The molecule has 3 N–H and O–H groups in total. The highest BCUT2D eigenvalue weighted by atomic mass is 32.1. The Labute approximate surface area is 142 Å². The Bertz CT molecular complexity index is 839. The van der Waals surface area contributed by atoms with Crippen LogP contribution >= 0.6 is 11.3 Å². The molecule has 0 amide bonds. The van der Waals surface area contributed by atoms with Gasteiger partial charge in [0, 0.05) is 6.42 Å². The Morgan fingerprint density at radius 1 is 1.08 bits per heavy atom. The van der Waals surface area contributed by atoms with Crippen LogP contribution in [-0.2, 0) is 6.42 Å². The second-order valence-electron chi connectivity index (χ2n) is 5.34. The van der Waals surface area contributed by atoms with Crippen molar-refractivity contribution in [2.45, 2.75) is 12.5 Å². The lowest BCUT2D eigenvalue weighted by Gasteiger charge is -2.13. The van der Waals surface area contributed by atoms with Gasteiger partial charge in [-0.25, -0.2) is 0 Å². The van der Waals surface area contributed by atoms with E-state index < -0.39 is 6.10 Å². The molecule has 1 aromatic heterocycles. The standard InChI is InChI=1S/C18H17NO4S/c20-15(13-4-2-1-3-5-13)11-23-14-8-6-12(7-9-14)10-16-17(21)19-18(22)24-16/h1-9,15,20-21H,10-11H2,(H,19,22). The van der Waals surface area contributed by atoms with E-state index in [2.05, 4.69) is 4.98 Å². The van der Waals surface area contributed by atoms with E-state index in [4.69, 9.17) is 4.74 Å². The molecule has 1 atom stereocenters. The third kappa shape index (κ3) is 4.04. The number of rotatable bonds is 6. The van der Waals surface area contributed by atoms with Crippen molar-refractivity contribution in [1.29, 1.82) is 0 Å². The summed E-state index contributed by atoms with van der Waals surface area (Å²) in [5.74, 6) is 0.580. The molecular formula is C18H17NO4S. The number of aliphatic hydroxyl groups is 1. The molecule has 0 saturated carbocycles. The lowest BCUT2D eigenvalue weighted by molar-refractivity contribution is 0.108. The van der Waals surface area contributed by atoms with Crippen LogP contribution in [0.4, 0.5) is 0 Å². The van der Waals surface area contributed by atoms with Gasteiger partial charge in [0.25, 0.3) is 0 Å². The van der Waals surface area contributed by atoms with Gasteiger partial charge >= 0.3 is 4.87 Å². The average molecular weight is 343 g/mol. The van der Waals surface area contributed by atoms with Crippen LogP contribution in [0.3, 0.4) is 0 Å². The van der Waals surface area contributed by atoms with Crippen LogP contribution < -0.4 is 9.61 Å². The fraction of sp³-hybridized carbons (Fsp3) is 0.167. The number of benzene rings is 2. The van der Waals surface area contributed by atoms with Gasteiger partial charge in [0.1, 0.15) is 18.5 Å². The normalized spacial score (nSPS) is 12.0. The molecule has 124 valence electrons. The highest BCUT2D eigenvalue weighted by Crippen LogP contribution is 2.22. The molecule has 24 heavy (non-hydrogen) atoms. The predicted molar refractivity (Wildman–Crippen MR) is 92.7 cm³/mol. The molecule has 0 aliphatic carbocycles. The first-order valence-corrected chi connectivity index (χ1v) is 8.29. The Hall–Kier alpha value is -2.57. The minimum absolute atomic E-state index is 0.0729. The number of H-pyrrole nitrogens is 1. The zero-order chi connectivity index (χ0) is 16.9. The second-order valence-corrected chi connectivity index (χ2v) is 6.41. The zero-order valence-electron chi connectivity index (χ0n) is 12.8. The predicted octanol–water partition coefficient (Wildman–Crippen LogP) is 2.85. The minimum atomic E-state index is -0.681. The Kier molecular flexibility index (Phi) is 4.98. The molecular weight excluding hydrogens is 326 g/mol. The lowest BCUT2D eigenvalue weighted by atomic mass is 10.1. The van der Waals surface area contributed by atoms with Crippen molar-refractivity contribution in [2.75, 3.05) is 6.61 Å². The third-order valence-corrected chi connectivity index (χ3v) is 4.45. The summed E-state index contributed by atoms with van der Waals surface area (Å²) in [4.78, 5) is 13.9. The smallest absolute Gasteiger partial charge is 0.307 e. The molecule has 2 aromatic carbocycles. The van der Waals surface area contributed by atoms with E-state index in [-0.39, 0.29) is 17.4 Å². The van der Waals surface area contributed by atoms with E-state index in [1.165, 1.54) is 0 Å². The molecule has 0 saturated heterocycles. The summed E-state index contributed by atoms with van der Waals surface area (Å²) < 4.78 is 5.60. The molecule has 3 rings (SSSR count). The molecule has 0 aliphatic heterocycles. The number of aromatic nitrogens is 1. The maximum absolute atomic E-state index is 11.2. The first-order chi connectivity index (χ1) is 11.6. The van der Waals surface area contributed by atoms with Crippen molar-refractivity contribution in [3.05, 3.63) is 80.3 Å². The molecule has 0 aliphatic rings. The van der Waals surface area contributed by atoms with Gasteiger partial charge in [0.05, 0.1) is 4.88 Å². The van der Waals surface area contributed by atoms with Crippen molar-refractivity contribution in [2.24, 2.45) is 0 Å². The van der Waals surface area contributed by atoms with Crippen LogP contribution in [-0.4, -0.2) is 21.8 Å². The van der Waals surface area contributed by atoms with Gasteiger partial charge in [-0.3, -0.25) is 9.78 Å². The van der Waals surface area contributed by atoms with Crippen LogP contribution in [0.15, 0.2) is 59.4 Å². The molecule has 0 bridgehead atoms. The number of aliphatic hydroxyl groups excluding tert-OH is 1. The Morgan fingerprint density at radius 2 is 1.79 bits per heavy atom. The van der Waals surface area contributed by atoms with E-state index in [1.807, 2.05) is 42.5 Å². The van der Waals surface area contributed by atoms with Crippen molar-refractivity contribution in [1.82, 2.24) is 4.98 Å². The summed E-state index contributed by atoms with van der Waals surface area (Å²) in [5.41, 5.74) is 1.77. The summed E-state index contributed by atoms with van der Waals surface area (Å²) in [7, 11) is 0. The van der Waals surface area contributed by atoms with E-state index in [0.29, 0.717) is 17.0 Å². The maximum Gasteiger partial charge on any atom is 0.307 e. The topological polar surface area (TPSA) is 82.6 Å². The third-order valence-electron chi connectivity index (χ3n) is 3.58. The Morgan fingerprint density at radius 3 is 2.42 bits per heavy atom. The average Bonchev–Trinajstić information content (AvgIpc) is 2.92. The van der Waals surface area contributed by atoms with E-state index >= 15 is 0 Å². The van der Waals surface area contributed by atoms with Crippen molar-refractivity contribution in [3.63, 3.8) is 0 Å². The number of nitrogens with one attached hydrogen (secondary N) is 1. The van der Waals surface area contributed by atoms with Gasteiger partial charge in [-0.1, -0.05) is 53.8 Å². The maximum atomic E-state index is 11.2. The molecule has 1 unspecified atom stereocenters. The first-order valence-electron chi connectivity index (χ1n) is 7.47. The molecule has 1 heterocycles. The van der Waals surface area contributed by atoms with Crippen LogP contribution in [0.2, 0.25) is 0 Å². The molecule has 0 fully saturated rings. The second kappa shape index (κ2) is 7.33. The van der Waals surface area contributed by atoms with Crippen molar-refractivity contribution >= 4 is 11.3 Å². The SMILES string of the molecule is O=c1[nH]c(O)c(Cc2ccc(OCC(O)c3ccccc3)cc2)s1. The summed E-state index contributed by atoms with van der Waals surface area (Å²) in [6, 6.07) is 16.7. The van der Waals surface area contributed by atoms with Crippen LogP contribution in [0.1, 0.15) is 22.1 Å². The van der Waals surface area contributed by atoms with Crippen LogP contribution in [0.5, 0.6) is 11.6 Å². The monoisotopic (exact) mass is 343 g/mol. The van der Waals surface area contributed by atoms with Gasteiger partial charge in [-0.05, 0) is 23.3 Å². The van der Waals surface area contributed by atoms with E-state index in [9.17, 15) is 15.0 Å². The highest BCUT2D eigenvalue weighted by molar-refractivity contribution is 7.09. The summed E-state index contributed by atoms with van der Waals surface area (Å²) >= 11 is 1.000. The number of hydrogen-bond acceptors (Lipinski definition) is 5. The number of hydrogen-bond donors (Lipinski definition) is 3. The van der Waals surface area contributed by atoms with Gasteiger partial charge in [0.15, 0.2) is 0 Å². The fourth-order valence-electron chi connectivity index (χ4n) is 2.31. The highest BCUT2D eigenvalue weighted by Gasteiger charge is 2.09. The van der Waals surface area contributed by atoms with Gasteiger partial charge in [0.2, 0.25) is 5.88 Å². The molecule has 5 nitrogen and oxygen atoms in total. The van der Waals surface area contributed by atoms with Gasteiger partial charge < -0.3 is 14.9 Å². The van der Waals surface area contributed by atoms with Crippen molar-refractivity contribution < 1.29 is 14.9 Å². The number of thiazole rings is 1. The Balaban J connectivity index is 1.58.